The molecule has 0 bridgehead atoms. The molecule has 0 amide bonds. The highest BCUT2D eigenvalue weighted by molar-refractivity contribution is 5.80. The number of aromatic amines is 1. The first kappa shape index (κ1) is 19.4. The van der Waals surface area contributed by atoms with Crippen LogP contribution in [0.25, 0.3) is 11.6 Å². The van der Waals surface area contributed by atoms with E-state index in [4.69, 9.17) is 9.15 Å². The SMILES string of the molecule is CCNC(=NCCc1nc(-c2ccco2)n[nH]1)NC1CC(C)(OC)C1(C)C. The maximum Gasteiger partial charge on any atom is 0.216 e. The van der Waals surface area contributed by atoms with Crippen LogP contribution in [-0.4, -0.2) is 53.0 Å². The van der Waals surface area contributed by atoms with Crippen molar-refractivity contribution in [3.63, 3.8) is 0 Å². The Hall–Kier alpha value is -2.35. The predicted octanol–water partition coefficient (Wildman–Crippen LogP) is 2.37. The molecule has 1 saturated carbocycles. The van der Waals surface area contributed by atoms with Gasteiger partial charge in [0.15, 0.2) is 11.7 Å². The molecule has 8 heteroatoms. The maximum absolute atomic E-state index is 5.71. The summed E-state index contributed by atoms with van der Waals surface area (Å²) >= 11 is 0. The topological polar surface area (TPSA) is 100 Å². The number of methoxy groups -OCH3 is 1. The lowest BCUT2D eigenvalue weighted by Crippen LogP contribution is -2.69. The number of nitrogens with zero attached hydrogens (tertiary/aromatic N) is 3. The van der Waals surface area contributed by atoms with E-state index in [1.165, 1.54) is 0 Å². The standard InChI is InChI=1S/C19H30N6O2/c1-6-20-17(22-14-12-19(4,26-5)18(14,2)3)21-10-9-15-23-16(25-24-15)13-8-7-11-27-13/h7-8,11,14H,6,9-10,12H2,1-5H3,(H2,20,21,22)(H,23,24,25). The zero-order valence-electron chi connectivity index (χ0n) is 16.8. The molecule has 3 N–H and O–H groups in total. The van der Waals surface area contributed by atoms with Gasteiger partial charge in [-0.2, -0.15) is 5.10 Å². The zero-order chi connectivity index (χ0) is 19.5. The molecule has 2 aromatic heterocycles. The number of H-pyrrole nitrogens is 1. The molecule has 0 aliphatic heterocycles. The quantitative estimate of drug-likeness (QED) is 0.508. The molecule has 148 valence electrons. The molecule has 3 rings (SSSR count). The molecule has 1 fully saturated rings. The summed E-state index contributed by atoms with van der Waals surface area (Å²) in [6.07, 6.45) is 3.24. The number of aromatic nitrogens is 3. The van der Waals surface area contributed by atoms with Crippen LogP contribution in [0.1, 0.15) is 39.9 Å². The van der Waals surface area contributed by atoms with Crippen LogP contribution in [0, 0.1) is 5.41 Å². The second-order valence-corrected chi connectivity index (χ2v) is 7.65. The molecular formula is C19H30N6O2. The van der Waals surface area contributed by atoms with Crippen LogP contribution in [0.2, 0.25) is 0 Å². The highest BCUT2D eigenvalue weighted by Gasteiger charge is 2.58. The van der Waals surface area contributed by atoms with Crippen LogP contribution in [-0.2, 0) is 11.2 Å². The Morgan fingerprint density at radius 3 is 2.89 bits per heavy atom. The second kappa shape index (κ2) is 7.72. The van der Waals surface area contributed by atoms with E-state index in [1.807, 2.05) is 12.1 Å². The van der Waals surface area contributed by atoms with E-state index < -0.39 is 0 Å². The lowest BCUT2D eigenvalue weighted by molar-refractivity contribution is -0.176. The molecule has 2 unspecified atom stereocenters. The maximum atomic E-state index is 5.71. The van der Waals surface area contributed by atoms with E-state index in [1.54, 1.807) is 13.4 Å². The number of hydrogen-bond donors (Lipinski definition) is 3. The van der Waals surface area contributed by atoms with Crippen LogP contribution < -0.4 is 10.6 Å². The fraction of sp³-hybridized carbons (Fsp3) is 0.632. The van der Waals surface area contributed by atoms with Crippen molar-refractivity contribution >= 4 is 5.96 Å². The third kappa shape index (κ3) is 3.85. The lowest BCUT2D eigenvalue weighted by Gasteiger charge is -2.59. The summed E-state index contributed by atoms with van der Waals surface area (Å²) in [5.74, 6) is 2.83. The van der Waals surface area contributed by atoms with Crippen molar-refractivity contribution in [2.24, 2.45) is 10.4 Å². The fourth-order valence-electron chi connectivity index (χ4n) is 3.40. The first-order valence-electron chi connectivity index (χ1n) is 9.45. The summed E-state index contributed by atoms with van der Waals surface area (Å²) in [5, 5.41) is 14.0. The number of hydrogen-bond acceptors (Lipinski definition) is 5. The average molecular weight is 374 g/mol. The van der Waals surface area contributed by atoms with Gasteiger partial charge in [-0.15, -0.1) is 0 Å². The summed E-state index contributed by atoms with van der Waals surface area (Å²) in [5.41, 5.74) is -0.0785. The van der Waals surface area contributed by atoms with Crippen LogP contribution in [0.3, 0.4) is 0 Å². The molecule has 0 saturated heterocycles. The normalized spacial score (nSPS) is 24.5. The van der Waals surface area contributed by atoms with Gasteiger partial charge in [0.1, 0.15) is 5.82 Å². The Kier molecular flexibility index (Phi) is 5.55. The van der Waals surface area contributed by atoms with Crippen molar-refractivity contribution in [2.45, 2.75) is 52.2 Å². The molecule has 2 atom stereocenters. The van der Waals surface area contributed by atoms with Gasteiger partial charge in [-0.25, -0.2) is 4.98 Å². The van der Waals surface area contributed by atoms with Gasteiger partial charge in [-0.05, 0) is 32.4 Å². The Labute approximate surface area is 160 Å². The van der Waals surface area contributed by atoms with Gasteiger partial charge in [-0.1, -0.05) is 13.8 Å². The Bertz CT molecular complexity index is 767. The second-order valence-electron chi connectivity index (χ2n) is 7.65. The van der Waals surface area contributed by atoms with Gasteiger partial charge in [0, 0.05) is 38.1 Å². The Morgan fingerprint density at radius 1 is 1.44 bits per heavy atom. The molecule has 2 aromatic rings. The lowest BCUT2D eigenvalue weighted by atomic mass is 9.56. The van der Waals surface area contributed by atoms with Crippen molar-refractivity contribution in [1.82, 2.24) is 25.8 Å². The molecule has 27 heavy (non-hydrogen) atoms. The van der Waals surface area contributed by atoms with E-state index in [-0.39, 0.29) is 11.0 Å². The Morgan fingerprint density at radius 2 is 2.26 bits per heavy atom. The number of guanidine groups is 1. The van der Waals surface area contributed by atoms with Gasteiger partial charge in [-0.3, -0.25) is 10.1 Å². The van der Waals surface area contributed by atoms with Crippen LogP contribution in [0.4, 0.5) is 0 Å². The van der Waals surface area contributed by atoms with Gasteiger partial charge in [0.2, 0.25) is 5.82 Å². The molecule has 1 aliphatic carbocycles. The molecule has 0 radical (unpaired) electrons. The smallest absolute Gasteiger partial charge is 0.216 e. The minimum atomic E-state index is -0.107. The minimum Gasteiger partial charge on any atom is -0.461 e. The van der Waals surface area contributed by atoms with Crippen LogP contribution in [0.15, 0.2) is 27.8 Å². The summed E-state index contributed by atoms with van der Waals surface area (Å²) in [4.78, 5) is 9.13. The predicted molar refractivity (Wildman–Crippen MR) is 105 cm³/mol. The largest absolute Gasteiger partial charge is 0.461 e. The van der Waals surface area contributed by atoms with Crippen LogP contribution >= 0.6 is 0 Å². The van der Waals surface area contributed by atoms with Gasteiger partial charge >= 0.3 is 0 Å². The number of ether oxygens (including phenoxy) is 1. The van der Waals surface area contributed by atoms with Crippen LogP contribution in [0.5, 0.6) is 0 Å². The third-order valence-electron chi connectivity index (χ3n) is 5.83. The molecule has 1 aliphatic rings. The molecule has 0 spiro atoms. The molecule has 8 nitrogen and oxygen atoms in total. The molecule has 0 aromatic carbocycles. The van der Waals surface area contributed by atoms with Crippen molar-refractivity contribution in [1.29, 1.82) is 0 Å². The average Bonchev–Trinajstić information content (AvgIpc) is 3.32. The zero-order valence-corrected chi connectivity index (χ0v) is 16.8. The molecule has 2 heterocycles. The summed E-state index contributed by atoms with van der Waals surface area (Å²) in [6, 6.07) is 3.98. The summed E-state index contributed by atoms with van der Waals surface area (Å²) in [7, 11) is 1.78. The Balaban J connectivity index is 1.57. The van der Waals surface area contributed by atoms with E-state index in [9.17, 15) is 0 Å². The number of rotatable bonds is 7. The summed E-state index contributed by atoms with van der Waals surface area (Å²) in [6.45, 7) is 10.1. The molecular weight excluding hydrogens is 344 g/mol. The monoisotopic (exact) mass is 374 g/mol. The number of furan rings is 1. The number of nitrogens with one attached hydrogen (secondary N) is 3. The van der Waals surface area contributed by atoms with Crippen molar-refractivity contribution in [3.8, 4) is 11.6 Å². The van der Waals surface area contributed by atoms with Crippen molar-refractivity contribution in [2.75, 3.05) is 20.2 Å². The van der Waals surface area contributed by atoms with Gasteiger partial charge in [0.05, 0.1) is 11.9 Å². The highest BCUT2D eigenvalue weighted by atomic mass is 16.5. The van der Waals surface area contributed by atoms with Gasteiger partial charge < -0.3 is 19.8 Å². The van der Waals surface area contributed by atoms with E-state index in [2.05, 4.69) is 58.5 Å². The van der Waals surface area contributed by atoms with Crippen molar-refractivity contribution < 1.29 is 9.15 Å². The summed E-state index contributed by atoms with van der Waals surface area (Å²) < 4.78 is 11.0. The van der Waals surface area contributed by atoms with Crippen molar-refractivity contribution in [3.05, 3.63) is 24.2 Å². The van der Waals surface area contributed by atoms with E-state index in [0.29, 0.717) is 30.6 Å². The minimum absolute atomic E-state index is 0.0286. The van der Waals surface area contributed by atoms with Gasteiger partial charge in [0.25, 0.3) is 0 Å². The fourth-order valence-corrected chi connectivity index (χ4v) is 3.40. The first-order valence-corrected chi connectivity index (χ1v) is 9.45. The van der Waals surface area contributed by atoms with E-state index in [0.717, 1.165) is 24.7 Å². The first-order chi connectivity index (χ1) is 12.9. The third-order valence-corrected chi connectivity index (χ3v) is 5.83. The number of aliphatic imine (C=N–C) groups is 1. The van der Waals surface area contributed by atoms with E-state index >= 15 is 0 Å². The highest BCUT2D eigenvalue weighted by Crippen LogP contribution is 2.51.